The smallest absolute Gasteiger partial charge is 0.203 e. The van der Waals surface area contributed by atoms with E-state index >= 15 is 0 Å². The zero-order valence-electron chi connectivity index (χ0n) is 12.6. The van der Waals surface area contributed by atoms with Gasteiger partial charge in [-0.2, -0.15) is 0 Å². The van der Waals surface area contributed by atoms with E-state index in [0.717, 1.165) is 12.8 Å². The molecule has 0 saturated heterocycles. The van der Waals surface area contributed by atoms with Crippen LogP contribution < -0.4 is 14.2 Å². The van der Waals surface area contributed by atoms with Crippen LogP contribution in [0.5, 0.6) is 17.2 Å². The molecule has 1 aromatic carbocycles. The summed E-state index contributed by atoms with van der Waals surface area (Å²) in [5, 5.41) is 0. The third-order valence-electron chi connectivity index (χ3n) is 3.82. The second-order valence-corrected chi connectivity index (χ2v) is 5.04. The summed E-state index contributed by atoms with van der Waals surface area (Å²) in [6.45, 7) is 0. The van der Waals surface area contributed by atoms with Gasteiger partial charge < -0.3 is 14.2 Å². The molecule has 1 aliphatic carbocycles. The van der Waals surface area contributed by atoms with Crippen molar-refractivity contribution in [1.29, 1.82) is 0 Å². The Balaban J connectivity index is 2.39. The molecule has 21 heavy (non-hydrogen) atoms. The van der Waals surface area contributed by atoms with Crippen LogP contribution >= 0.6 is 0 Å². The number of ether oxygens (including phenoxy) is 3. The Kier molecular flexibility index (Phi) is 4.83. The molecule has 0 aliphatic heterocycles. The molecule has 0 N–H and O–H groups in total. The van der Waals surface area contributed by atoms with Gasteiger partial charge in [0.25, 0.3) is 0 Å². The topological polar surface area (TPSA) is 61.8 Å². The highest BCUT2D eigenvalue weighted by atomic mass is 16.5. The number of hydrogen-bond donors (Lipinski definition) is 0. The maximum atomic E-state index is 12.6. The van der Waals surface area contributed by atoms with Crippen molar-refractivity contribution in [3.8, 4) is 17.2 Å². The molecule has 1 saturated carbocycles. The van der Waals surface area contributed by atoms with Crippen molar-refractivity contribution in [3.63, 3.8) is 0 Å². The average Bonchev–Trinajstić information content (AvgIpc) is 2.53. The van der Waals surface area contributed by atoms with Crippen LogP contribution in [0.2, 0.25) is 0 Å². The molecule has 0 amide bonds. The van der Waals surface area contributed by atoms with E-state index in [9.17, 15) is 9.59 Å². The number of hydrogen-bond acceptors (Lipinski definition) is 5. The van der Waals surface area contributed by atoms with Crippen molar-refractivity contribution in [1.82, 2.24) is 0 Å². The first-order valence-electron chi connectivity index (χ1n) is 6.99. The van der Waals surface area contributed by atoms with Gasteiger partial charge in [0.15, 0.2) is 17.3 Å². The number of ketones is 2. The molecule has 1 aromatic rings. The highest BCUT2D eigenvalue weighted by molar-refractivity contribution is 6.11. The summed E-state index contributed by atoms with van der Waals surface area (Å²) in [5.41, 5.74) is 0.421. The summed E-state index contributed by atoms with van der Waals surface area (Å²) in [5.74, 6) is 0.596. The van der Waals surface area contributed by atoms with E-state index in [0.29, 0.717) is 35.7 Å². The van der Waals surface area contributed by atoms with Crippen LogP contribution in [-0.2, 0) is 4.79 Å². The van der Waals surface area contributed by atoms with Crippen molar-refractivity contribution in [3.05, 3.63) is 17.7 Å². The molecule has 0 radical (unpaired) electrons. The van der Waals surface area contributed by atoms with Crippen molar-refractivity contribution < 1.29 is 23.8 Å². The first-order valence-corrected chi connectivity index (χ1v) is 6.99. The van der Waals surface area contributed by atoms with Gasteiger partial charge in [-0.25, -0.2) is 0 Å². The fourth-order valence-electron chi connectivity index (χ4n) is 2.68. The number of benzene rings is 1. The molecule has 2 rings (SSSR count). The van der Waals surface area contributed by atoms with Crippen molar-refractivity contribution in [2.45, 2.75) is 25.7 Å². The van der Waals surface area contributed by atoms with E-state index in [-0.39, 0.29) is 11.6 Å². The van der Waals surface area contributed by atoms with Gasteiger partial charge in [0.2, 0.25) is 5.75 Å². The van der Waals surface area contributed by atoms with Crippen LogP contribution in [0.1, 0.15) is 36.0 Å². The molecular formula is C16H20O5. The Morgan fingerprint density at radius 1 is 1.05 bits per heavy atom. The molecule has 5 heteroatoms. The SMILES string of the molecule is COc1cc(C(=O)[C@H]2CCCCC2=O)cc(OC)c1OC. The molecule has 0 heterocycles. The van der Waals surface area contributed by atoms with Gasteiger partial charge in [-0.15, -0.1) is 0 Å². The number of carbonyl (C=O) groups excluding carboxylic acids is 2. The Morgan fingerprint density at radius 2 is 1.67 bits per heavy atom. The Bertz CT molecular complexity index is 525. The molecule has 1 aliphatic rings. The van der Waals surface area contributed by atoms with Gasteiger partial charge in [-0.1, -0.05) is 6.42 Å². The van der Waals surface area contributed by atoms with Crippen molar-refractivity contribution >= 4 is 11.6 Å². The minimum atomic E-state index is -0.540. The molecule has 1 atom stereocenters. The van der Waals surface area contributed by atoms with E-state index in [2.05, 4.69) is 0 Å². The van der Waals surface area contributed by atoms with E-state index in [1.807, 2.05) is 0 Å². The molecule has 1 fully saturated rings. The van der Waals surface area contributed by atoms with Crippen LogP contribution in [0.3, 0.4) is 0 Å². The number of carbonyl (C=O) groups is 2. The quantitative estimate of drug-likeness (QED) is 0.616. The summed E-state index contributed by atoms with van der Waals surface area (Å²) in [6, 6.07) is 3.21. The monoisotopic (exact) mass is 292 g/mol. The maximum absolute atomic E-state index is 12.6. The van der Waals surface area contributed by atoms with E-state index < -0.39 is 5.92 Å². The van der Waals surface area contributed by atoms with Crippen LogP contribution in [0, 0.1) is 5.92 Å². The first kappa shape index (κ1) is 15.4. The van der Waals surface area contributed by atoms with Gasteiger partial charge in [0, 0.05) is 12.0 Å². The maximum Gasteiger partial charge on any atom is 0.203 e. The lowest BCUT2D eigenvalue weighted by atomic mass is 9.82. The average molecular weight is 292 g/mol. The van der Waals surface area contributed by atoms with Crippen LogP contribution in [-0.4, -0.2) is 32.9 Å². The molecule has 114 valence electrons. The second-order valence-electron chi connectivity index (χ2n) is 5.04. The lowest BCUT2D eigenvalue weighted by Gasteiger charge is -2.20. The van der Waals surface area contributed by atoms with Crippen molar-refractivity contribution in [2.75, 3.05) is 21.3 Å². The standard InChI is InChI=1S/C16H20O5/c1-19-13-8-10(9-14(20-2)16(13)21-3)15(18)11-6-4-5-7-12(11)17/h8-9,11H,4-7H2,1-3H3/t11-/m0/s1. The fraction of sp³-hybridized carbons (Fsp3) is 0.500. The largest absolute Gasteiger partial charge is 0.493 e. The van der Waals surface area contributed by atoms with Gasteiger partial charge in [-0.05, 0) is 25.0 Å². The third-order valence-corrected chi connectivity index (χ3v) is 3.82. The van der Waals surface area contributed by atoms with Gasteiger partial charge in [-0.3, -0.25) is 9.59 Å². The lowest BCUT2D eigenvalue weighted by molar-refractivity contribution is -0.122. The Morgan fingerprint density at radius 3 is 2.14 bits per heavy atom. The summed E-state index contributed by atoms with van der Waals surface area (Å²) in [4.78, 5) is 24.5. The number of Topliss-reactive ketones (excluding diaryl/α,β-unsaturated/α-hetero) is 2. The highest BCUT2D eigenvalue weighted by Gasteiger charge is 2.30. The summed E-state index contributed by atoms with van der Waals surface area (Å²) >= 11 is 0. The first-order chi connectivity index (χ1) is 10.1. The van der Waals surface area contributed by atoms with Crippen LogP contribution in [0.15, 0.2) is 12.1 Å². The normalized spacial score (nSPS) is 18.2. The molecule has 0 aromatic heterocycles. The molecular weight excluding hydrogens is 272 g/mol. The molecule has 5 nitrogen and oxygen atoms in total. The Hall–Kier alpha value is -2.04. The predicted molar refractivity (Wildman–Crippen MR) is 77.4 cm³/mol. The fourth-order valence-corrected chi connectivity index (χ4v) is 2.68. The minimum Gasteiger partial charge on any atom is -0.493 e. The third kappa shape index (κ3) is 3.01. The molecule has 0 bridgehead atoms. The number of methoxy groups -OCH3 is 3. The van der Waals surface area contributed by atoms with Gasteiger partial charge in [0.1, 0.15) is 5.78 Å². The number of rotatable bonds is 5. The van der Waals surface area contributed by atoms with Gasteiger partial charge in [0.05, 0.1) is 27.2 Å². The van der Waals surface area contributed by atoms with E-state index in [1.165, 1.54) is 21.3 Å². The van der Waals surface area contributed by atoms with Gasteiger partial charge >= 0.3 is 0 Å². The van der Waals surface area contributed by atoms with E-state index in [4.69, 9.17) is 14.2 Å². The van der Waals surface area contributed by atoms with Crippen LogP contribution in [0.4, 0.5) is 0 Å². The lowest BCUT2D eigenvalue weighted by Crippen LogP contribution is -2.27. The minimum absolute atomic E-state index is 0.0278. The zero-order chi connectivity index (χ0) is 15.4. The second kappa shape index (κ2) is 6.61. The van der Waals surface area contributed by atoms with Crippen LogP contribution in [0.25, 0.3) is 0 Å². The van der Waals surface area contributed by atoms with E-state index in [1.54, 1.807) is 12.1 Å². The summed E-state index contributed by atoms with van der Waals surface area (Å²) < 4.78 is 15.7. The summed E-state index contributed by atoms with van der Waals surface area (Å²) in [7, 11) is 4.50. The summed E-state index contributed by atoms with van der Waals surface area (Å²) in [6.07, 6.45) is 2.89. The highest BCUT2D eigenvalue weighted by Crippen LogP contribution is 2.39. The molecule has 0 unspecified atom stereocenters. The predicted octanol–water partition coefficient (Wildman–Crippen LogP) is 2.65. The van der Waals surface area contributed by atoms with Crippen molar-refractivity contribution in [2.24, 2.45) is 5.92 Å². The zero-order valence-corrected chi connectivity index (χ0v) is 12.6. The Labute approximate surface area is 124 Å². The molecule has 0 spiro atoms.